The lowest BCUT2D eigenvalue weighted by Crippen LogP contribution is -1.86. The minimum Gasteiger partial charge on any atom is -0.497 e. The minimum atomic E-state index is -0.133. The summed E-state index contributed by atoms with van der Waals surface area (Å²) in [6.07, 6.45) is 4.37. The van der Waals surface area contributed by atoms with E-state index in [2.05, 4.69) is 26.0 Å². The van der Waals surface area contributed by atoms with E-state index in [0.29, 0.717) is 0 Å². The highest BCUT2D eigenvalue weighted by Gasteiger charge is 1.93. The molecule has 21 heavy (non-hydrogen) atoms. The van der Waals surface area contributed by atoms with Gasteiger partial charge in [0.2, 0.25) is 0 Å². The molecule has 2 rings (SSSR count). The molecular weight excluding hydrogens is 263 g/mol. The second-order valence-electron chi connectivity index (χ2n) is 4.98. The molecule has 0 aliphatic carbocycles. The van der Waals surface area contributed by atoms with E-state index in [-0.39, 0.29) is 5.82 Å². The molecule has 2 aromatic carbocycles. The predicted molar refractivity (Wildman–Crippen MR) is 87.4 cm³/mol. The van der Waals surface area contributed by atoms with Gasteiger partial charge in [-0.1, -0.05) is 51.0 Å². The number of methoxy groups -OCH3 is 1. The van der Waals surface area contributed by atoms with E-state index < -0.39 is 0 Å². The summed E-state index contributed by atoms with van der Waals surface area (Å²) < 4.78 is 17.6. The second kappa shape index (κ2) is 9.98. The zero-order valence-electron chi connectivity index (χ0n) is 13.2. The first-order chi connectivity index (χ1) is 10.2. The minimum absolute atomic E-state index is 0.133. The summed E-state index contributed by atoms with van der Waals surface area (Å²) in [4.78, 5) is 0. The normalized spacial score (nSPS) is 9.71. The number of halogens is 1. The SMILES string of the molecule is CCCc1cccc(F)c1.CCCc1cccc(OC)c1. The molecule has 0 fully saturated rings. The van der Waals surface area contributed by atoms with Gasteiger partial charge in [-0.25, -0.2) is 4.39 Å². The Labute approximate surface area is 127 Å². The summed E-state index contributed by atoms with van der Waals surface area (Å²) in [5, 5.41) is 0. The molecule has 0 saturated heterocycles. The average Bonchev–Trinajstić information content (AvgIpc) is 2.49. The maximum Gasteiger partial charge on any atom is 0.123 e. The number of aryl methyl sites for hydroxylation is 2. The van der Waals surface area contributed by atoms with Crippen LogP contribution in [-0.2, 0) is 12.8 Å². The van der Waals surface area contributed by atoms with Crippen LogP contribution in [0.4, 0.5) is 4.39 Å². The first-order valence-electron chi connectivity index (χ1n) is 7.57. The Morgan fingerprint density at radius 1 is 0.857 bits per heavy atom. The summed E-state index contributed by atoms with van der Waals surface area (Å²) >= 11 is 0. The fourth-order valence-electron chi connectivity index (χ4n) is 2.10. The molecule has 0 atom stereocenters. The number of hydrogen-bond donors (Lipinski definition) is 0. The van der Waals surface area contributed by atoms with Gasteiger partial charge in [0.1, 0.15) is 11.6 Å². The Morgan fingerprint density at radius 3 is 1.95 bits per heavy atom. The van der Waals surface area contributed by atoms with Gasteiger partial charge in [0.05, 0.1) is 7.11 Å². The van der Waals surface area contributed by atoms with Crippen molar-refractivity contribution >= 4 is 0 Å². The molecule has 2 aromatic rings. The molecule has 2 heteroatoms. The number of benzene rings is 2. The average molecular weight is 288 g/mol. The zero-order valence-corrected chi connectivity index (χ0v) is 13.2. The largest absolute Gasteiger partial charge is 0.497 e. The highest BCUT2D eigenvalue weighted by Crippen LogP contribution is 2.13. The molecule has 0 unspecified atom stereocenters. The van der Waals surface area contributed by atoms with E-state index in [4.69, 9.17) is 4.74 Å². The number of hydrogen-bond acceptors (Lipinski definition) is 1. The third-order valence-electron chi connectivity index (χ3n) is 3.10. The van der Waals surface area contributed by atoms with E-state index in [1.807, 2.05) is 18.2 Å². The van der Waals surface area contributed by atoms with Gasteiger partial charge in [-0.05, 0) is 48.2 Å². The van der Waals surface area contributed by atoms with Gasteiger partial charge in [0.15, 0.2) is 0 Å². The summed E-state index contributed by atoms with van der Waals surface area (Å²) in [6.45, 7) is 4.27. The Balaban J connectivity index is 0.000000211. The third kappa shape index (κ3) is 6.94. The molecule has 0 bridgehead atoms. The predicted octanol–water partition coefficient (Wildman–Crippen LogP) is 5.43. The Kier molecular flexibility index (Phi) is 8.18. The molecule has 114 valence electrons. The van der Waals surface area contributed by atoms with Crippen molar-refractivity contribution in [3.8, 4) is 5.75 Å². The molecule has 0 heterocycles. The number of rotatable bonds is 5. The van der Waals surface area contributed by atoms with Crippen LogP contribution in [0.3, 0.4) is 0 Å². The quantitative estimate of drug-likeness (QED) is 0.713. The second-order valence-corrected chi connectivity index (χ2v) is 4.98. The smallest absolute Gasteiger partial charge is 0.123 e. The van der Waals surface area contributed by atoms with Gasteiger partial charge in [0, 0.05) is 0 Å². The van der Waals surface area contributed by atoms with Crippen LogP contribution in [-0.4, -0.2) is 7.11 Å². The Morgan fingerprint density at radius 2 is 1.43 bits per heavy atom. The van der Waals surface area contributed by atoms with Gasteiger partial charge in [-0.2, -0.15) is 0 Å². The summed E-state index contributed by atoms with van der Waals surface area (Å²) in [6, 6.07) is 15.0. The fraction of sp³-hybridized carbons (Fsp3) is 0.368. The van der Waals surface area contributed by atoms with Crippen molar-refractivity contribution in [3.63, 3.8) is 0 Å². The molecule has 1 nitrogen and oxygen atoms in total. The van der Waals surface area contributed by atoms with E-state index in [0.717, 1.165) is 30.6 Å². The van der Waals surface area contributed by atoms with Crippen molar-refractivity contribution in [2.45, 2.75) is 39.5 Å². The van der Waals surface area contributed by atoms with Crippen LogP contribution in [0.25, 0.3) is 0 Å². The summed E-state index contributed by atoms with van der Waals surface area (Å²) in [5.74, 6) is 0.821. The van der Waals surface area contributed by atoms with E-state index in [1.165, 1.54) is 18.1 Å². The van der Waals surface area contributed by atoms with Crippen LogP contribution >= 0.6 is 0 Å². The van der Waals surface area contributed by atoms with Crippen LogP contribution in [0.15, 0.2) is 48.5 Å². The molecule has 0 radical (unpaired) electrons. The molecule has 0 amide bonds. The van der Waals surface area contributed by atoms with Gasteiger partial charge >= 0.3 is 0 Å². The standard InChI is InChI=1S/C10H14O.C9H11F/c1-3-5-9-6-4-7-10(8-9)11-2;1-2-4-8-5-3-6-9(10)7-8/h4,6-8H,3,5H2,1-2H3;3,5-7H,2,4H2,1H3. The monoisotopic (exact) mass is 288 g/mol. The topological polar surface area (TPSA) is 9.23 Å². The lowest BCUT2D eigenvalue weighted by molar-refractivity contribution is 0.414. The van der Waals surface area contributed by atoms with Gasteiger partial charge in [0.25, 0.3) is 0 Å². The summed E-state index contributed by atoms with van der Waals surface area (Å²) in [5.41, 5.74) is 2.44. The third-order valence-corrected chi connectivity index (χ3v) is 3.10. The van der Waals surface area contributed by atoms with Gasteiger partial charge < -0.3 is 4.74 Å². The lowest BCUT2D eigenvalue weighted by Gasteiger charge is -2.01. The Hall–Kier alpha value is -1.83. The van der Waals surface area contributed by atoms with E-state index >= 15 is 0 Å². The molecule has 0 aromatic heterocycles. The zero-order chi connectivity index (χ0) is 15.5. The van der Waals surface area contributed by atoms with Crippen LogP contribution in [0.1, 0.15) is 37.8 Å². The highest BCUT2D eigenvalue weighted by molar-refractivity contribution is 5.28. The maximum absolute atomic E-state index is 12.5. The highest BCUT2D eigenvalue weighted by atomic mass is 19.1. The fourth-order valence-corrected chi connectivity index (χ4v) is 2.10. The van der Waals surface area contributed by atoms with Crippen LogP contribution in [0.2, 0.25) is 0 Å². The van der Waals surface area contributed by atoms with Crippen LogP contribution in [0, 0.1) is 5.82 Å². The van der Waals surface area contributed by atoms with Crippen molar-refractivity contribution in [3.05, 3.63) is 65.5 Å². The van der Waals surface area contributed by atoms with Crippen molar-refractivity contribution in [1.29, 1.82) is 0 Å². The molecule has 0 N–H and O–H groups in total. The lowest BCUT2D eigenvalue weighted by atomic mass is 10.1. The molecule has 0 saturated carbocycles. The first-order valence-corrected chi connectivity index (χ1v) is 7.57. The molecule has 0 aliphatic rings. The van der Waals surface area contributed by atoms with Crippen molar-refractivity contribution < 1.29 is 9.13 Å². The summed E-state index contributed by atoms with van der Waals surface area (Å²) in [7, 11) is 1.70. The molecular formula is C19H25FO. The Bertz CT molecular complexity index is 522. The van der Waals surface area contributed by atoms with Crippen LogP contribution in [0.5, 0.6) is 5.75 Å². The molecule has 0 aliphatic heterocycles. The van der Waals surface area contributed by atoms with Crippen molar-refractivity contribution in [2.75, 3.05) is 7.11 Å². The van der Waals surface area contributed by atoms with Crippen molar-refractivity contribution in [2.24, 2.45) is 0 Å². The number of ether oxygens (including phenoxy) is 1. The van der Waals surface area contributed by atoms with Crippen molar-refractivity contribution in [1.82, 2.24) is 0 Å². The maximum atomic E-state index is 12.5. The first kappa shape index (κ1) is 17.2. The van der Waals surface area contributed by atoms with Crippen LogP contribution < -0.4 is 4.74 Å². The van der Waals surface area contributed by atoms with Gasteiger partial charge in [-0.15, -0.1) is 0 Å². The molecule has 0 spiro atoms. The van der Waals surface area contributed by atoms with Gasteiger partial charge in [-0.3, -0.25) is 0 Å². The van der Waals surface area contributed by atoms with E-state index in [9.17, 15) is 4.39 Å². The van der Waals surface area contributed by atoms with E-state index in [1.54, 1.807) is 19.2 Å².